The quantitative estimate of drug-likeness (QED) is 0.270. The molecule has 0 heterocycles. The van der Waals surface area contributed by atoms with E-state index in [0.717, 1.165) is 31.7 Å². The monoisotopic (exact) mass is 549 g/mol. The number of nitrogens with zero attached hydrogens (tertiary/aromatic N) is 1. The standard InChI is InChI=1S/C23H21F10NO3/c24-20(25,22(29,30)23(31,32)33)14-5-3-10-18(11-14)37-34(13-19(35)21(26,27)28)15-6-4-9-17(12-15)36-16-7-1-2-8-16/h3-6,9-12,16,19,35H,1-2,7-8,13H2. The first-order valence-corrected chi connectivity index (χ1v) is 10.9. The second kappa shape index (κ2) is 10.5. The van der Waals surface area contributed by atoms with Gasteiger partial charge in [-0.2, -0.15) is 43.9 Å². The number of rotatable bonds is 9. The largest absolute Gasteiger partial charge is 0.490 e. The molecule has 2 aromatic carbocycles. The third-order valence-electron chi connectivity index (χ3n) is 5.59. The molecule has 1 fully saturated rings. The van der Waals surface area contributed by atoms with E-state index in [-0.39, 0.29) is 29.7 Å². The Labute approximate surface area is 204 Å². The first kappa shape index (κ1) is 28.7. The molecule has 3 rings (SSSR count). The van der Waals surface area contributed by atoms with Crippen LogP contribution in [0.25, 0.3) is 0 Å². The first-order chi connectivity index (χ1) is 17.0. The fourth-order valence-electron chi connectivity index (χ4n) is 3.60. The number of aliphatic hydroxyl groups excluding tert-OH is 1. The fraction of sp³-hybridized carbons (Fsp3) is 0.478. The van der Waals surface area contributed by atoms with E-state index in [9.17, 15) is 49.0 Å². The van der Waals surface area contributed by atoms with E-state index in [4.69, 9.17) is 9.57 Å². The van der Waals surface area contributed by atoms with E-state index >= 15 is 0 Å². The molecule has 1 aliphatic rings. The zero-order valence-corrected chi connectivity index (χ0v) is 18.8. The van der Waals surface area contributed by atoms with Gasteiger partial charge in [-0.3, -0.25) is 0 Å². The van der Waals surface area contributed by atoms with Crippen molar-refractivity contribution in [2.24, 2.45) is 0 Å². The summed E-state index contributed by atoms with van der Waals surface area (Å²) < 4.78 is 138. The molecule has 1 atom stereocenters. The lowest BCUT2D eigenvalue weighted by atomic mass is 10.0. The lowest BCUT2D eigenvalue weighted by Crippen LogP contribution is -2.50. The number of aliphatic hydroxyl groups is 1. The number of benzene rings is 2. The molecule has 2 aromatic rings. The number of hydrogen-bond donors (Lipinski definition) is 1. The Balaban J connectivity index is 1.93. The number of ether oxygens (including phenoxy) is 1. The third-order valence-corrected chi connectivity index (χ3v) is 5.59. The summed E-state index contributed by atoms with van der Waals surface area (Å²) in [6, 6.07) is 7.33. The summed E-state index contributed by atoms with van der Waals surface area (Å²) in [5.41, 5.74) is -1.93. The van der Waals surface area contributed by atoms with Crippen LogP contribution in [-0.2, 0) is 5.92 Å². The number of alkyl halides is 10. The maximum Gasteiger partial charge on any atom is 0.460 e. The molecule has 1 saturated carbocycles. The number of anilines is 1. The van der Waals surface area contributed by atoms with E-state index in [1.54, 1.807) is 0 Å². The Bertz CT molecular complexity index is 1050. The molecular formula is C23H21F10NO3. The SMILES string of the molecule is OC(CN(Oc1cccc(C(F)(F)C(F)(F)C(F)(F)F)c1)c1cccc(OC2CCCC2)c1)C(F)(F)F. The molecule has 37 heavy (non-hydrogen) atoms. The van der Waals surface area contributed by atoms with Crippen molar-refractivity contribution in [3.05, 3.63) is 54.1 Å². The van der Waals surface area contributed by atoms with Crippen LogP contribution in [0.5, 0.6) is 11.5 Å². The van der Waals surface area contributed by atoms with Crippen molar-refractivity contribution >= 4 is 5.69 Å². The van der Waals surface area contributed by atoms with Crippen molar-refractivity contribution in [1.29, 1.82) is 0 Å². The van der Waals surface area contributed by atoms with Gasteiger partial charge in [0.15, 0.2) is 11.9 Å². The molecule has 14 heteroatoms. The molecule has 0 saturated heterocycles. The van der Waals surface area contributed by atoms with Gasteiger partial charge in [-0.25, -0.2) is 5.06 Å². The van der Waals surface area contributed by atoms with Crippen molar-refractivity contribution in [3.63, 3.8) is 0 Å². The van der Waals surface area contributed by atoms with Crippen molar-refractivity contribution in [2.45, 2.75) is 62.1 Å². The van der Waals surface area contributed by atoms with Gasteiger partial charge in [0, 0.05) is 11.6 Å². The van der Waals surface area contributed by atoms with Gasteiger partial charge in [-0.05, 0) is 49.9 Å². The fourth-order valence-corrected chi connectivity index (χ4v) is 3.60. The third kappa shape index (κ3) is 6.51. The van der Waals surface area contributed by atoms with Crippen LogP contribution >= 0.6 is 0 Å². The minimum Gasteiger partial charge on any atom is -0.490 e. The van der Waals surface area contributed by atoms with Crippen LogP contribution in [-0.4, -0.2) is 42.1 Å². The predicted octanol–water partition coefficient (Wildman–Crippen LogP) is 7.02. The van der Waals surface area contributed by atoms with E-state index in [0.29, 0.717) is 11.1 Å². The molecule has 1 N–H and O–H groups in total. The van der Waals surface area contributed by atoms with E-state index in [1.165, 1.54) is 24.3 Å². The highest BCUT2D eigenvalue weighted by atomic mass is 19.4. The summed E-state index contributed by atoms with van der Waals surface area (Å²) in [6.45, 7) is -1.30. The summed E-state index contributed by atoms with van der Waals surface area (Å²) in [7, 11) is 0. The van der Waals surface area contributed by atoms with Crippen LogP contribution in [0.15, 0.2) is 48.5 Å². The predicted molar refractivity (Wildman–Crippen MR) is 111 cm³/mol. The average molecular weight is 549 g/mol. The topological polar surface area (TPSA) is 41.9 Å². The maximum absolute atomic E-state index is 14.1. The van der Waals surface area contributed by atoms with Crippen molar-refractivity contribution in [2.75, 3.05) is 11.6 Å². The van der Waals surface area contributed by atoms with Crippen LogP contribution in [0.2, 0.25) is 0 Å². The molecule has 0 aromatic heterocycles. The van der Waals surface area contributed by atoms with E-state index in [1.807, 2.05) is 0 Å². The van der Waals surface area contributed by atoms with Crippen molar-refractivity contribution in [1.82, 2.24) is 0 Å². The summed E-state index contributed by atoms with van der Waals surface area (Å²) in [5.74, 6) is -12.7. The van der Waals surface area contributed by atoms with Crippen molar-refractivity contribution in [3.8, 4) is 11.5 Å². The van der Waals surface area contributed by atoms with Crippen LogP contribution < -0.4 is 14.6 Å². The zero-order chi connectivity index (χ0) is 27.6. The van der Waals surface area contributed by atoms with Gasteiger partial charge in [0.05, 0.1) is 18.3 Å². The minimum atomic E-state index is -6.59. The number of halogens is 10. The van der Waals surface area contributed by atoms with Gasteiger partial charge in [-0.1, -0.05) is 18.2 Å². The molecule has 0 bridgehead atoms. The first-order valence-electron chi connectivity index (χ1n) is 10.9. The Kier molecular flexibility index (Phi) is 8.11. The van der Waals surface area contributed by atoms with E-state index < -0.39 is 48.2 Å². The van der Waals surface area contributed by atoms with Gasteiger partial charge in [0.25, 0.3) is 0 Å². The minimum absolute atomic E-state index is 0.139. The lowest BCUT2D eigenvalue weighted by Gasteiger charge is -2.30. The highest BCUT2D eigenvalue weighted by Gasteiger charge is 2.73. The Morgan fingerprint density at radius 1 is 0.838 bits per heavy atom. The highest BCUT2D eigenvalue weighted by Crippen LogP contribution is 2.52. The molecule has 4 nitrogen and oxygen atoms in total. The molecule has 1 aliphatic carbocycles. The molecule has 0 aliphatic heterocycles. The Hall–Kier alpha value is -2.90. The van der Waals surface area contributed by atoms with Crippen LogP contribution in [0.4, 0.5) is 49.6 Å². The second-order valence-corrected chi connectivity index (χ2v) is 8.41. The number of hydrogen-bond acceptors (Lipinski definition) is 4. The van der Waals surface area contributed by atoms with Gasteiger partial charge in [-0.15, -0.1) is 0 Å². The molecule has 0 spiro atoms. The maximum atomic E-state index is 14.1. The molecular weight excluding hydrogens is 528 g/mol. The second-order valence-electron chi connectivity index (χ2n) is 8.41. The summed E-state index contributed by atoms with van der Waals surface area (Å²) >= 11 is 0. The summed E-state index contributed by atoms with van der Waals surface area (Å²) in [4.78, 5) is 5.18. The number of hydroxylamine groups is 1. The Morgan fingerprint density at radius 3 is 2.03 bits per heavy atom. The Morgan fingerprint density at radius 2 is 1.43 bits per heavy atom. The lowest BCUT2D eigenvalue weighted by molar-refractivity contribution is -0.359. The van der Waals surface area contributed by atoms with Crippen LogP contribution in [0, 0.1) is 0 Å². The van der Waals surface area contributed by atoms with Gasteiger partial charge < -0.3 is 14.7 Å². The van der Waals surface area contributed by atoms with Gasteiger partial charge in [0.1, 0.15) is 5.75 Å². The highest BCUT2D eigenvalue weighted by molar-refractivity contribution is 5.50. The van der Waals surface area contributed by atoms with Gasteiger partial charge in [0.2, 0.25) is 0 Å². The van der Waals surface area contributed by atoms with Crippen LogP contribution in [0.3, 0.4) is 0 Å². The van der Waals surface area contributed by atoms with Crippen LogP contribution in [0.1, 0.15) is 31.2 Å². The normalized spacial score (nSPS) is 16.5. The molecule has 1 unspecified atom stereocenters. The summed E-state index contributed by atoms with van der Waals surface area (Å²) in [5, 5.41) is 10.00. The zero-order valence-electron chi connectivity index (χ0n) is 18.8. The van der Waals surface area contributed by atoms with Crippen molar-refractivity contribution < 1.29 is 58.6 Å². The van der Waals surface area contributed by atoms with E-state index in [2.05, 4.69) is 0 Å². The van der Waals surface area contributed by atoms with Gasteiger partial charge >= 0.3 is 24.2 Å². The smallest absolute Gasteiger partial charge is 0.460 e. The molecule has 0 amide bonds. The molecule has 0 radical (unpaired) electrons. The average Bonchev–Trinajstić information content (AvgIpc) is 3.30. The summed E-state index contributed by atoms with van der Waals surface area (Å²) in [6.07, 6.45) is -11.5. The molecule has 206 valence electrons.